The third kappa shape index (κ3) is 2.91. The van der Waals surface area contributed by atoms with Gasteiger partial charge in [-0.05, 0) is 47.9 Å². The van der Waals surface area contributed by atoms with Gasteiger partial charge in [-0.25, -0.2) is 0 Å². The number of nitrogens with one attached hydrogen (secondary N) is 1. The van der Waals surface area contributed by atoms with Crippen LogP contribution in [0, 0.1) is 5.92 Å². The van der Waals surface area contributed by atoms with Gasteiger partial charge in [0.2, 0.25) is 0 Å². The molecule has 0 aliphatic heterocycles. The molecule has 4 nitrogen and oxygen atoms in total. The number of hydrazine groups is 1. The molecule has 1 aromatic carbocycles. The number of rotatable bonds is 4. The van der Waals surface area contributed by atoms with Gasteiger partial charge in [0.05, 0.1) is 19.3 Å². The second-order valence-electron chi connectivity index (χ2n) is 5.57. The minimum atomic E-state index is 0.0981. The molecule has 21 heavy (non-hydrogen) atoms. The molecule has 4 heteroatoms. The summed E-state index contributed by atoms with van der Waals surface area (Å²) in [5.74, 6) is 7.07. The normalized spacial score (nSPS) is 18.9. The molecule has 110 valence electrons. The average molecular weight is 283 g/mol. The molecular formula is C17H21N3O. The van der Waals surface area contributed by atoms with Crippen molar-refractivity contribution in [1.82, 2.24) is 10.4 Å². The molecular weight excluding hydrogens is 262 g/mol. The van der Waals surface area contributed by atoms with Crippen LogP contribution in [0.2, 0.25) is 0 Å². The quantitative estimate of drug-likeness (QED) is 0.668. The van der Waals surface area contributed by atoms with Gasteiger partial charge in [-0.3, -0.25) is 16.3 Å². The first kappa shape index (κ1) is 14.0. The number of hydrogen-bond acceptors (Lipinski definition) is 4. The van der Waals surface area contributed by atoms with Crippen molar-refractivity contribution in [3.05, 3.63) is 59.4 Å². The van der Waals surface area contributed by atoms with Crippen LogP contribution in [-0.4, -0.2) is 12.1 Å². The zero-order valence-corrected chi connectivity index (χ0v) is 12.3. The lowest BCUT2D eigenvalue weighted by molar-refractivity contribution is 0.327. The Hall–Kier alpha value is -1.91. The molecule has 0 saturated heterocycles. The Bertz CT molecular complexity index is 614. The molecule has 0 spiro atoms. The fourth-order valence-corrected chi connectivity index (χ4v) is 3.23. The monoisotopic (exact) mass is 283 g/mol. The summed E-state index contributed by atoms with van der Waals surface area (Å²) in [6, 6.07) is 10.8. The summed E-state index contributed by atoms with van der Waals surface area (Å²) in [5.41, 5.74) is 6.96. The molecule has 2 unspecified atom stereocenters. The van der Waals surface area contributed by atoms with Crippen LogP contribution < -0.4 is 16.0 Å². The molecule has 0 bridgehead atoms. The van der Waals surface area contributed by atoms with E-state index in [1.807, 2.05) is 12.3 Å². The SMILES string of the molecule is COc1cncc(C(NN)C2CCc3ccccc3C2)c1. The zero-order chi connectivity index (χ0) is 14.7. The minimum absolute atomic E-state index is 0.0981. The summed E-state index contributed by atoms with van der Waals surface area (Å²) in [5, 5.41) is 0. The standard InChI is InChI=1S/C17H21N3O/c1-21-16-9-15(10-19-11-16)17(20-18)14-7-6-12-4-2-3-5-13(12)8-14/h2-5,9-11,14,17,20H,6-8,18H2,1H3. The van der Waals surface area contributed by atoms with E-state index < -0.39 is 0 Å². The van der Waals surface area contributed by atoms with E-state index in [0.717, 1.165) is 30.6 Å². The van der Waals surface area contributed by atoms with Crippen molar-refractivity contribution < 1.29 is 4.74 Å². The van der Waals surface area contributed by atoms with E-state index in [2.05, 4.69) is 34.7 Å². The summed E-state index contributed by atoms with van der Waals surface area (Å²) < 4.78 is 5.26. The Kier molecular flexibility index (Phi) is 4.18. The summed E-state index contributed by atoms with van der Waals surface area (Å²) >= 11 is 0. The van der Waals surface area contributed by atoms with Gasteiger partial charge in [-0.2, -0.15) is 0 Å². The predicted molar refractivity (Wildman–Crippen MR) is 82.8 cm³/mol. The molecule has 0 amide bonds. The summed E-state index contributed by atoms with van der Waals surface area (Å²) in [4.78, 5) is 4.24. The van der Waals surface area contributed by atoms with Gasteiger partial charge in [-0.15, -0.1) is 0 Å². The number of aromatic nitrogens is 1. The Morgan fingerprint density at radius 3 is 2.86 bits per heavy atom. The number of methoxy groups -OCH3 is 1. The third-order valence-electron chi connectivity index (χ3n) is 4.37. The summed E-state index contributed by atoms with van der Waals surface area (Å²) in [7, 11) is 1.66. The predicted octanol–water partition coefficient (Wildman–Crippen LogP) is 2.40. The first-order valence-electron chi connectivity index (χ1n) is 7.33. The van der Waals surface area contributed by atoms with E-state index in [0.29, 0.717) is 5.92 Å². The van der Waals surface area contributed by atoms with Crippen molar-refractivity contribution >= 4 is 0 Å². The number of benzene rings is 1. The first-order chi connectivity index (χ1) is 10.3. The van der Waals surface area contributed by atoms with Gasteiger partial charge in [0.1, 0.15) is 5.75 Å². The molecule has 0 saturated carbocycles. The molecule has 1 aliphatic rings. The highest BCUT2D eigenvalue weighted by Gasteiger charge is 2.27. The molecule has 0 fully saturated rings. The number of aryl methyl sites for hydroxylation is 1. The van der Waals surface area contributed by atoms with E-state index >= 15 is 0 Å². The van der Waals surface area contributed by atoms with Crippen LogP contribution in [0.4, 0.5) is 0 Å². The Balaban J connectivity index is 1.84. The van der Waals surface area contributed by atoms with Crippen molar-refractivity contribution in [2.24, 2.45) is 11.8 Å². The Labute approximate surface area is 125 Å². The molecule has 0 radical (unpaired) electrons. The highest BCUT2D eigenvalue weighted by atomic mass is 16.5. The van der Waals surface area contributed by atoms with Gasteiger partial charge in [0, 0.05) is 6.20 Å². The fourth-order valence-electron chi connectivity index (χ4n) is 3.23. The molecule has 1 aliphatic carbocycles. The Morgan fingerprint density at radius 2 is 2.10 bits per heavy atom. The number of nitrogens with two attached hydrogens (primary N) is 1. The van der Waals surface area contributed by atoms with Gasteiger partial charge in [0.25, 0.3) is 0 Å². The van der Waals surface area contributed by atoms with Crippen LogP contribution in [0.1, 0.15) is 29.2 Å². The van der Waals surface area contributed by atoms with E-state index in [-0.39, 0.29) is 6.04 Å². The minimum Gasteiger partial charge on any atom is -0.495 e. The van der Waals surface area contributed by atoms with Crippen LogP contribution in [0.15, 0.2) is 42.7 Å². The topological polar surface area (TPSA) is 60.2 Å². The maximum atomic E-state index is 5.83. The third-order valence-corrected chi connectivity index (χ3v) is 4.37. The highest BCUT2D eigenvalue weighted by molar-refractivity contribution is 5.32. The van der Waals surface area contributed by atoms with Gasteiger partial charge >= 0.3 is 0 Å². The van der Waals surface area contributed by atoms with Crippen LogP contribution in [0.25, 0.3) is 0 Å². The maximum absolute atomic E-state index is 5.83. The number of hydrogen-bond donors (Lipinski definition) is 2. The largest absolute Gasteiger partial charge is 0.495 e. The number of ether oxygens (including phenoxy) is 1. The van der Waals surface area contributed by atoms with Crippen LogP contribution in [0.5, 0.6) is 5.75 Å². The van der Waals surface area contributed by atoms with Crippen molar-refractivity contribution in [1.29, 1.82) is 0 Å². The maximum Gasteiger partial charge on any atom is 0.137 e. The van der Waals surface area contributed by atoms with Crippen LogP contribution in [0.3, 0.4) is 0 Å². The van der Waals surface area contributed by atoms with Gasteiger partial charge in [0.15, 0.2) is 0 Å². The van der Waals surface area contributed by atoms with E-state index in [9.17, 15) is 0 Å². The molecule has 1 heterocycles. The number of nitrogens with zero attached hydrogens (tertiary/aromatic N) is 1. The average Bonchev–Trinajstić information content (AvgIpc) is 2.56. The first-order valence-corrected chi connectivity index (χ1v) is 7.33. The van der Waals surface area contributed by atoms with Gasteiger partial charge < -0.3 is 4.74 Å². The lowest BCUT2D eigenvalue weighted by Crippen LogP contribution is -2.36. The van der Waals surface area contributed by atoms with Crippen molar-refractivity contribution in [2.45, 2.75) is 25.3 Å². The summed E-state index contributed by atoms with van der Waals surface area (Å²) in [6.07, 6.45) is 6.86. The number of fused-ring (bicyclic) bond motifs is 1. The van der Waals surface area contributed by atoms with Crippen molar-refractivity contribution in [2.75, 3.05) is 7.11 Å². The Morgan fingerprint density at radius 1 is 1.29 bits per heavy atom. The second kappa shape index (κ2) is 6.24. The zero-order valence-electron chi connectivity index (χ0n) is 12.3. The van der Waals surface area contributed by atoms with E-state index in [1.54, 1.807) is 13.3 Å². The highest BCUT2D eigenvalue weighted by Crippen LogP contribution is 2.34. The summed E-state index contributed by atoms with van der Waals surface area (Å²) in [6.45, 7) is 0. The van der Waals surface area contributed by atoms with Crippen molar-refractivity contribution in [3.8, 4) is 5.75 Å². The molecule has 2 atom stereocenters. The molecule has 2 aromatic rings. The molecule has 3 rings (SSSR count). The second-order valence-corrected chi connectivity index (χ2v) is 5.57. The smallest absolute Gasteiger partial charge is 0.137 e. The molecule has 1 aromatic heterocycles. The van der Waals surface area contributed by atoms with Crippen molar-refractivity contribution in [3.63, 3.8) is 0 Å². The lowest BCUT2D eigenvalue weighted by atomic mass is 9.78. The number of pyridine rings is 1. The van der Waals surface area contributed by atoms with E-state index in [4.69, 9.17) is 10.6 Å². The van der Waals surface area contributed by atoms with Crippen LogP contribution >= 0.6 is 0 Å². The van der Waals surface area contributed by atoms with Gasteiger partial charge in [-0.1, -0.05) is 24.3 Å². The van der Waals surface area contributed by atoms with Crippen LogP contribution in [-0.2, 0) is 12.8 Å². The molecule has 3 N–H and O–H groups in total. The fraction of sp³-hybridized carbons (Fsp3) is 0.353. The lowest BCUT2D eigenvalue weighted by Gasteiger charge is -2.31. The van der Waals surface area contributed by atoms with E-state index in [1.165, 1.54) is 11.1 Å².